The highest BCUT2D eigenvalue weighted by Crippen LogP contribution is 2.36. The maximum atomic E-state index is 5.95. The van der Waals surface area contributed by atoms with E-state index in [9.17, 15) is 0 Å². The molecule has 0 bridgehead atoms. The van der Waals surface area contributed by atoms with Crippen LogP contribution < -0.4 is 5.73 Å². The van der Waals surface area contributed by atoms with Crippen LogP contribution in [0, 0.1) is 0 Å². The van der Waals surface area contributed by atoms with Crippen molar-refractivity contribution in [3.8, 4) is 0 Å². The largest absolute Gasteiger partial charge is 0.320 e. The first kappa shape index (κ1) is 5.85. The Balaban J connectivity index is 2.27. The molecule has 54 valence electrons. The second kappa shape index (κ2) is 1.79. The lowest BCUT2D eigenvalue weighted by atomic mass is 9.76. The highest BCUT2D eigenvalue weighted by atomic mass is 15.3. The number of aromatic amines is 1. The van der Waals surface area contributed by atoms with Gasteiger partial charge in [-0.05, 0) is 19.3 Å². The van der Waals surface area contributed by atoms with Crippen LogP contribution in [0.1, 0.15) is 25.0 Å². The molecule has 1 aliphatic rings. The molecule has 1 aromatic rings. The van der Waals surface area contributed by atoms with Gasteiger partial charge in [0.25, 0.3) is 0 Å². The zero-order chi connectivity index (χ0) is 7.03. The molecule has 0 aromatic carbocycles. The van der Waals surface area contributed by atoms with E-state index in [-0.39, 0.29) is 5.54 Å². The number of aromatic nitrogens is 3. The SMILES string of the molecule is NC1(c2cn[nH]n2)CCC1. The Bertz CT molecular complexity index is 212. The molecule has 1 fully saturated rings. The van der Waals surface area contributed by atoms with E-state index in [0.717, 1.165) is 18.5 Å². The van der Waals surface area contributed by atoms with Gasteiger partial charge >= 0.3 is 0 Å². The first-order chi connectivity index (χ1) is 4.81. The molecule has 0 unspecified atom stereocenters. The van der Waals surface area contributed by atoms with Gasteiger partial charge < -0.3 is 5.73 Å². The van der Waals surface area contributed by atoms with E-state index < -0.39 is 0 Å². The van der Waals surface area contributed by atoms with Crippen molar-refractivity contribution >= 4 is 0 Å². The Labute approximate surface area is 58.8 Å². The number of rotatable bonds is 1. The fraction of sp³-hybridized carbons (Fsp3) is 0.667. The third kappa shape index (κ3) is 0.654. The summed E-state index contributed by atoms with van der Waals surface area (Å²) >= 11 is 0. The molecule has 10 heavy (non-hydrogen) atoms. The monoisotopic (exact) mass is 138 g/mol. The molecule has 0 saturated heterocycles. The van der Waals surface area contributed by atoms with Crippen LogP contribution in [-0.2, 0) is 5.54 Å². The molecule has 1 saturated carbocycles. The molecular formula is C6H10N4. The van der Waals surface area contributed by atoms with Gasteiger partial charge in [0.1, 0.15) is 5.69 Å². The highest BCUT2D eigenvalue weighted by molar-refractivity contribution is 5.12. The van der Waals surface area contributed by atoms with Crippen molar-refractivity contribution in [3.63, 3.8) is 0 Å². The molecular weight excluding hydrogens is 128 g/mol. The van der Waals surface area contributed by atoms with Crippen molar-refractivity contribution in [2.75, 3.05) is 0 Å². The predicted octanol–water partition coefficient (Wildman–Crippen LogP) is 0.143. The minimum atomic E-state index is -0.160. The normalized spacial score (nSPS) is 22.1. The summed E-state index contributed by atoms with van der Waals surface area (Å²) in [6, 6.07) is 0. The molecule has 0 amide bonds. The van der Waals surface area contributed by atoms with E-state index in [1.54, 1.807) is 6.20 Å². The second-order valence-electron chi connectivity index (χ2n) is 2.86. The van der Waals surface area contributed by atoms with Crippen molar-refractivity contribution in [2.24, 2.45) is 5.73 Å². The van der Waals surface area contributed by atoms with Gasteiger partial charge in [-0.3, -0.25) is 0 Å². The molecule has 2 rings (SSSR count). The lowest BCUT2D eigenvalue weighted by Crippen LogP contribution is -2.43. The summed E-state index contributed by atoms with van der Waals surface area (Å²) in [6.07, 6.45) is 5.00. The molecule has 0 aliphatic heterocycles. The second-order valence-corrected chi connectivity index (χ2v) is 2.86. The van der Waals surface area contributed by atoms with Gasteiger partial charge in [-0.15, -0.1) is 0 Å². The Kier molecular flexibility index (Phi) is 1.05. The fourth-order valence-electron chi connectivity index (χ4n) is 1.26. The van der Waals surface area contributed by atoms with Crippen LogP contribution in [0.2, 0.25) is 0 Å². The molecule has 0 spiro atoms. The number of nitrogens with one attached hydrogen (secondary N) is 1. The molecule has 4 nitrogen and oxygen atoms in total. The maximum Gasteiger partial charge on any atom is 0.102 e. The highest BCUT2D eigenvalue weighted by Gasteiger charge is 2.36. The predicted molar refractivity (Wildman–Crippen MR) is 36.1 cm³/mol. The standard InChI is InChI=1S/C6H10N4/c7-6(2-1-3-6)5-4-8-10-9-5/h4H,1-3,7H2,(H,8,9,10). The van der Waals surface area contributed by atoms with Crippen LogP contribution in [0.3, 0.4) is 0 Å². The summed E-state index contributed by atoms with van der Waals surface area (Å²) in [4.78, 5) is 0. The first-order valence-electron chi connectivity index (χ1n) is 3.46. The summed E-state index contributed by atoms with van der Waals surface area (Å²) in [5.74, 6) is 0. The van der Waals surface area contributed by atoms with Gasteiger partial charge in [-0.2, -0.15) is 15.4 Å². The van der Waals surface area contributed by atoms with Gasteiger partial charge in [0.05, 0.1) is 11.7 Å². The third-order valence-electron chi connectivity index (χ3n) is 2.17. The van der Waals surface area contributed by atoms with E-state index in [1.165, 1.54) is 6.42 Å². The van der Waals surface area contributed by atoms with Crippen molar-refractivity contribution in [3.05, 3.63) is 11.9 Å². The van der Waals surface area contributed by atoms with Gasteiger partial charge in [0, 0.05) is 0 Å². The zero-order valence-corrected chi connectivity index (χ0v) is 5.67. The summed E-state index contributed by atoms with van der Waals surface area (Å²) < 4.78 is 0. The minimum absolute atomic E-state index is 0.160. The molecule has 1 heterocycles. The average Bonchev–Trinajstić information content (AvgIpc) is 2.33. The van der Waals surface area contributed by atoms with Crippen LogP contribution in [0.15, 0.2) is 6.20 Å². The Morgan fingerprint density at radius 3 is 2.80 bits per heavy atom. The summed E-state index contributed by atoms with van der Waals surface area (Å²) in [5.41, 5.74) is 6.69. The quantitative estimate of drug-likeness (QED) is 0.580. The fourth-order valence-corrected chi connectivity index (χ4v) is 1.26. The van der Waals surface area contributed by atoms with Crippen molar-refractivity contribution in [1.82, 2.24) is 15.4 Å². The van der Waals surface area contributed by atoms with Crippen molar-refractivity contribution < 1.29 is 0 Å². The summed E-state index contributed by atoms with van der Waals surface area (Å²) in [5, 5.41) is 10.2. The lowest BCUT2D eigenvalue weighted by Gasteiger charge is -2.35. The molecule has 1 aromatic heterocycles. The number of H-pyrrole nitrogens is 1. The Hall–Kier alpha value is -0.900. The van der Waals surface area contributed by atoms with E-state index in [4.69, 9.17) is 5.73 Å². The van der Waals surface area contributed by atoms with Crippen LogP contribution in [0.25, 0.3) is 0 Å². The molecule has 4 heteroatoms. The van der Waals surface area contributed by atoms with Crippen LogP contribution in [0.4, 0.5) is 0 Å². The number of hydrogen-bond donors (Lipinski definition) is 2. The zero-order valence-electron chi connectivity index (χ0n) is 5.67. The van der Waals surface area contributed by atoms with E-state index in [2.05, 4.69) is 15.4 Å². The van der Waals surface area contributed by atoms with Gasteiger partial charge in [-0.25, -0.2) is 0 Å². The topological polar surface area (TPSA) is 67.6 Å². The van der Waals surface area contributed by atoms with Crippen molar-refractivity contribution in [1.29, 1.82) is 0 Å². The molecule has 1 aliphatic carbocycles. The maximum absolute atomic E-state index is 5.95. The van der Waals surface area contributed by atoms with Crippen LogP contribution >= 0.6 is 0 Å². The molecule has 0 atom stereocenters. The first-order valence-corrected chi connectivity index (χ1v) is 3.46. The Morgan fingerprint density at radius 2 is 2.40 bits per heavy atom. The Morgan fingerprint density at radius 1 is 1.60 bits per heavy atom. The lowest BCUT2D eigenvalue weighted by molar-refractivity contribution is 0.246. The van der Waals surface area contributed by atoms with Crippen LogP contribution in [0.5, 0.6) is 0 Å². The summed E-state index contributed by atoms with van der Waals surface area (Å²) in [6.45, 7) is 0. The van der Waals surface area contributed by atoms with Crippen molar-refractivity contribution in [2.45, 2.75) is 24.8 Å². The third-order valence-corrected chi connectivity index (χ3v) is 2.17. The smallest absolute Gasteiger partial charge is 0.102 e. The van der Waals surface area contributed by atoms with Gasteiger partial charge in [-0.1, -0.05) is 0 Å². The summed E-state index contributed by atoms with van der Waals surface area (Å²) in [7, 11) is 0. The average molecular weight is 138 g/mol. The van der Waals surface area contributed by atoms with E-state index in [0.29, 0.717) is 0 Å². The van der Waals surface area contributed by atoms with E-state index >= 15 is 0 Å². The van der Waals surface area contributed by atoms with Gasteiger partial charge in [0.15, 0.2) is 0 Å². The number of nitrogens with two attached hydrogens (primary N) is 1. The van der Waals surface area contributed by atoms with E-state index in [1.807, 2.05) is 0 Å². The molecule has 0 radical (unpaired) electrons. The van der Waals surface area contributed by atoms with Crippen LogP contribution in [-0.4, -0.2) is 15.4 Å². The number of hydrogen-bond acceptors (Lipinski definition) is 3. The number of nitrogens with zero attached hydrogens (tertiary/aromatic N) is 2. The molecule has 3 N–H and O–H groups in total. The minimum Gasteiger partial charge on any atom is -0.320 e. The van der Waals surface area contributed by atoms with Gasteiger partial charge in [0.2, 0.25) is 0 Å².